The van der Waals surface area contributed by atoms with Crippen molar-refractivity contribution < 1.29 is 23.7 Å². The van der Waals surface area contributed by atoms with Crippen LogP contribution in [0.25, 0.3) is 0 Å². The third-order valence-electron chi connectivity index (χ3n) is 3.88. The summed E-state index contributed by atoms with van der Waals surface area (Å²) in [5.41, 5.74) is -0.397. The average molecular weight is 400 g/mol. The zero-order chi connectivity index (χ0) is 17.7. The van der Waals surface area contributed by atoms with Crippen molar-refractivity contribution in [2.75, 3.05) is 13.3 Å². The molecule has 2 aliphatic rings. The highest BCUT2D eigenvalue weighted by atomic mass is 79.9. The number of rotatable bonds is 1. The molecule has 0 spiro atoms. The van der Waals surface area contributed by atoms with E-state index < -0.39 is 11.3 Å². The minimum atomic E-state index is -0.761. The van der Waals surface area contributed by atoms with Crippen molar-refractivity contribution in [2.24, 2.45) is 0 Å². The first-order valence-corrected chi connectivity index (χ1v) is 8.63. The predicted octanol–water partition coefficient (Wildman–Crippen LogP) is 4.22. The lowest BCUT2D eigenvalue weighted by atomic mass is 10.1. The van der Waals surface area contributed by atoms with Crippen LogP contribution >= 0.6 is 15.9 Å². The number of hydrogen-bond acceptors (Lipinski definition) is 5. The number of ether oxygens (including phenoxy) is 4. The van der Waals surface area contributed by atoms with Gasteiger partial charge in [-0.2, -0.15) is 0 Å². The molecule has 0 bridgehead atoms. The van der Waals surface area contributed by atoms with Crippen LogP contribution in [-0.2, 0) is 9.47 Å². The van der Waals surface area contributed by atoms with E-state index in [1.165, 1.54) is 0 Å². The molecule has 132 valence electrons. The highest BCUT2D eigenvalue weighted by Crippen LogP contribution is 2.44. The van der Waals surface area contributed by atoms with E-state index in [0.717, 1.165) is 10.0 Å². The second kappa shape index (κ2) is 5.81. The Balaban J connectivity index is 1.84. The molecule has 2 heterocycles. The van der Waals surface area contributed by atoms with Crippen LogP contribution in [0.4, 0.5) is 4.79 Å². The summed E-state index contributed by atoms with van der Waals surface area (Å²) in [7, 11) is 0. The lowest BCUT2D eigenvalue weighted by molar-refractivity contribution is -0.0791. The summed E-state index contributed by atoms with van der Waals surface area (Å²) < 4.78 is 23.3. The van der Waals surface area contributed by atoms with Gasteiger partial charge in [0.15, 0.2) is 11.5 Å². The molecule has 1 aromatic carbocycles. The molecule has 0 unspecified atom stereocenters. The molecule has 1 aromatic rings. The first-order valence-electron chi connectivity index (χ1n) is 7.84. The summed E-state index contributed by atoms with van der Waals surface area (Å²) >= 11 is 3.55. The lowest BCUT2D eigenvalue weighted by Crippen LogP contribution is -2.46. The van der Waals surface area contributed by atoms with Gasteiger partial charge >= 0.3 is 6.09 Å². The zero-order valence-corrected chi connectivity index (χ0v) is 16.1. The predicted molar refractivity (Wildman–Crippen MR) is 91.1 cm³/mol. The van der Waals surface area contributed by atoms with Crippen LogP contribution in [-0.4, -0.2) is 35.7 Å². The topological polar surface area (TPSA) is 57.2 Å². The molecule has 0 aromatic heterocycles. The Morgan fingerprint density at radius 1 is 1.29 bits per heavy atom. The Kier molecular flexibility index (Phi) is 4.20. The van der Waals surface area contributed by atoms with Gasteiger partial charge in [0.2, 0.25) is 6.79 Å². The second-order valence-corrected chi connectivity index (χ2v) is 8.23. The number of amides is 1. The van der Waals surface area contributed by atoms with Gasteiger partial charge in [0, 0.05) is 10.0 Å². The first kappa shape index (κ1) is 17.4. The van der Waals surface area contributed by atoms with Gasteiger partial charge in [0.1, 0.15) is 17.4 Å². The average Bonchev–Trinajstić information content (AvgIpc) is 2.98. The van der Waals surface area contributed by atoms with E-state index in [4.69, 9.17) is 18.9 Å². The monoisotopic (exact) mass is 399 g/mol. The normalized spacial score (nSPS) is 21.9. The summed E-state index contributed by atoms with van der Waals surface area (Å²) in [4.78, 5) is 14.1. The van der Waals surface area contributed by atoms with Crippen LogP contribution in [0, 0.1) is 0 Å². The number of carbonyl (C=O) groups excluding carboxylic acids is 1. The molecular weight excluding hydrogens is 378 g/mol. The quantitative estimate of drug-likeness (QED) is 0.707. The van der Waals surface area contributed by atoms with E-state index in [1.807, 2.05) is 46.8 Å². The van der Waals surface area contributed by atoms with Gasteiger partial charge in [-0.3, -0.25) is 4.90 Å². The fourth-order valence-corrected chi connectivity index (χ4v) is 3.37. The van der Waals surface area contributed by atoms with Crippen LogP contribution in [0.3, 0.4) is 0 Å². The molecule has 1 amide bonds. The number of benzene rings is 1. The van der Waals surface area contributed by atoms with E-state index in [2.05, 4.69) is 15.9 Å². The molecule has 0 aliphatic carbocycles. The van der Waals surface area contributed by atoms with Crippen LogP contribution in [0.2, 0.25) is 0 Å². The minimum absolute atomic E-state index is 0.215. The fraction of sp³-hybridized carbons (Fsp3) is 0.588. The van der Waals surface area contributed by atoms with Gasteiger partial charge in [-0.15, -0.1) is 0 Å². The van der Waals surface area contributed by atoms with Crippen molar-refractivity contribution in [1.29, 1.82) is 0 Å². The molecule has 1 fully saturated rings. The maximum atomic E-state index is 12.5. The first-order chi connectivity index (χ1) is 11.1. The molecule has 6 nitrogen and oxygen atoms in total. The van der Waals surface area contributed by atoms with E-state index in [0.29, 0.717) is 18.0 Å². The Morgan fingerprint density at radius 3 is 2.54 bits per heavy atom. The Bertz CT molecular complexity index is 668. The van der Waals surface area contributed by atoms with Crippen molar-refractivity contribution in [2.45, 2.75) is 52.0 Å². The number of fused-ring (bicyclic) bond motifs is 1. The van der Waals surface area contributed by atoms with E-state index in [9.17, 15) is 4.79 Å². The van der Waals surface area contributed by atoms with Gasteiger partial charge in [-0.1, -0.05) is 15.9 Å². The van der Waals surface area contributed by atoms with Crippen molar-refractivity contribution in [3.05, 3.63) is 22.2 Å². The maximum absolute atomic E-state index is 12.5. The third kappa shape index (κ3) is 3.32. The number of halogens is 1. The van der Waals surface area contributed by atoms with E-state index in [-0.39, 0.29) is 19.0 Å². The van der Waals surface area contributed by atoms with Gasteiger partial charge in [0.25, 0.3) is 0 Å². The summed E-state index contributed by atoms with van der Waals surface area (Å²) in [5, 5.41) is 0. The number of carbonyl (C=O) groups is 1. The summed E-state index contributed by atoms with van der Waals surface area (Å²) in [6.07, 6.45) is -0.664. The smallest absolute Gasteiger partial charge is 0.412 e. The summed E-state index contributed by atoms with van der Waals surface area (Å²) in [5.74, 6) is 1.39. The molecule has 7 heteroatoms. The van der Waals surface area contributed by atoms with Gasteiger partial charge < -0.3 is 18.9 Å². The molecule has 1 atom stereocenters. The van der Waals surface area contributed by atoms with E-state index in [1.54, 1.807) is 4.90 Å². The SMILES string of the molecule is CC(C)(C)OC(=O)N1C[C@@H](c2cc3c(cc2Br)OCO3)OC1(C)C. The van der Waals surface area contributed by atoms with Crippen molar-refractivity contribution in [3.8, 4) is 11.5 Å². The Hall–Kier alpha value is -1.47. The van der Waals surface area contributed by atoms with Crippen molar-refractivity contribution >= 4 is 22.0 Å². The van der Waals surface area contributed by atoms with Crippen LogP contribution in [0.1, 0.15) is 46.3 Å². The van der Waals surface area contributed by atoms with Crippen molar-refractivity contribution in [3.63, 3.8) is 0 Å². The lowest BCUT2D eigenvalue weighted by Gasteiger charge is -2.31. The molecule has 0 saturated carbocycles. The fourth-order valence-electron chi connectivity index (χ4n) is 2.79. The molecule has 1 saturated heterocycles. The molecule has 2 aliphatic heterocycles. The standard InChI is InChI=1S/C17H22BrNO5/c1-16(2,3)24-15(20)19-8-14(23-17(19,4)5)10-6-12-13(7-11(10)18)22-9-21-12/h6-7,14H,8-9H2,1-5H3/t14-/m0/s1. The Labute approximate surface area is 150 Å². The highest BCUT2D eigenvalue weighted by molar-refractivity contribution is 9.10. The second-order valence-electron chi connectivity index (χ2n) is 7.37. The summed E-state index contributed by atoms with van der Waals surface area (Å²) in [6, 6.07) is 3.76. The van der Waals surface area contributed by atoms with Gasteiger partial charge in [0.05, 0.1) is 6.54 Å². The summed E-state index contributed by atoms with van der Waals surface area (Å²) in [6.45, 7) is 9.88. The van der Waals surface area contributed by atoms with Crippen molar-refractivity contribution in [1.82, 2.24) is 4.90 Å². The molecular formula is C17H22BrNO5. The molecule has 3 rings (SSSR count). The highest BCUT2D eigenvalue weighted by Gasteiger charge is 2.45. The number of hydrogen-bond donors (Lipinski definition) is 0. The van der Waals surface area contributed by atoms with Gasteiger partial charge in [-0.25, -0.2) is 4.79 Å². The Morgan fingerprint density at radius 2 is 1.92 bits per heavy atom. The zero-order valence-electron chi connectivity index (χ0n) is 14.5. The third-order valence-corrected chi connectivity index (χ3v) is 4.57. The van der Waals surface area contributed by atoms with E-state index >= 15 is 0 Å². The minimum Gasteiger partial charge on any atom is -0.454 e. The molecule has 24 heavy (non-hydrogen) atoms. The molecule has 0 N–H and O–H groups in total. The van der Waals surface area contributed by atoms with Gasteiger partial charge in [-0.05, 0) is 46.8 Å². The van der Waals surface area contributed by atoms with Crippen LogP contribution < -0.4 is 9.47 Å². The molecule has 0 radical (unpaired) electrons. The number of nitrogens with zero attached hydrogens (tertiary/aromatic N) is 1. The largest absolute Gasteiger partial charge is 0.454 e. The maximum Gasteiger partial charge on any atom is 0.412 e. The van der Waals surface area contributed by atoms with Crippen LogP contribution in [0.15, 0.2) is 16.6 Å². The van der Waals surface area contributed by atoms with Crippen LogP contribution in [0.5, 0.6) is 11.5 Å².